The smallest absolute Gasteiger partial charge is 0.225 e. The number of likely N-dealkylation sites (tertiary alicyclic amines) is 1. The Morgan fingerprint density at radius 3 is 2.68 bits per heavy atom. The summed E-state index contributed by atoms with van der Waals surface area (Å²) in [6, 6.07) is 9.55. The molecule has 1 amide bonds. The molecule has 22 heavy (non-hydrogen) atoms. The van der Waals surface area contributed by atoms with Crippen molar-refractivity contribution in [1.29, 1.82) is 0 Å². The van der Waals surface area contributed by atoms with Gasteiger partial charge >= 0.3 is 0 Å². The summed E-state index contributed by atoms with van der Waals surface area (Å²) in [5.74, 6) is 0.0625. The quantitative estimate of drug-likeness (QED) is 0.720. The van der Waals surface area contributed by atoms with E-state index in [1.165, 1.54) is 0 Å². The zero-order chi connectivity index (χ0) is 15.6. The van der Waals surface area contributed by atoms with Crippen LogP contribution in [0.4, 0.5) is 5.69 Å². The Bertz CT molecular complexity index is 431. The molecule has 1 aliphatic rings. The zero-order valence-electron chi connectivity index (χ0n) is 13.0. The van der Waals surface area contributed by atoms with Crippen LogP contribution in [0.25, 0.3) is 0 Å². The van der Waals surface area contributed by atoms with E-state index in [1.54, 1.807) is 0 Å². The molecular formula is C17H26N2O3. The third-order valence-electron chi connectivity index (χ3n) is 3.90. The molecule has 122 valence electrons. The Morgan fingerprint density at radius 1 is 1.27 bits per heavy atom. The van der Waals surface area contributed by atoms with Crippen LogP contribution in [0.15, 0.2) is 30.3 Å². The van der Waals surface area contributed by atoms with Crippen molar-refractivity contribution >= 4 is 11.6 Å². The van der Waals surface area contributed by atoms with Gasteiger partial charge in [0, 0.05) is 45.0 Å². The van der Waals surface area contributed by atoms with Crippen molar-refractivity contribution < 1.29 is 14.6 Å². The fourth-order valence-corrected chi connectivity index (χ4v) is 2.62. The van der Waals surface area contributed by atoms with E-state index in [-0.39, 0.29) is 12.5 Å². The number of piperidine rings is 1. The number of benzene rings is 1. The van der Waals surface area contributed by atoms with Gasteiger partial charge in [0.1, 0.15) is 0 Å². The van der Waals surface area contributed by atoms with Gasteiger partial charge in [0.2, 0.25) is 5.91 Å². The Hall–Kier alpha value is -1.43. The molecule has 1 aromatic rings. The molecule has 0 aliphatic carbocycles. The normalized spacial score (nSPS) is 16.6. The van der Waals surface area contributed by atoms with Crippen molar-refractivity contribution in [3.8, 4) is 0 Å². The van der Waals surface area contributed by atoms with Crippen molar-refractivity contribution in [1.82, 2.24) is 4.90 Å². The Kier molecular flexibility index (Phi) is 7.36. The molecule has 5 heteroatoms. The van der Waals surface area contributed by atoms with Crippen LogP contribution in [0.1, 0.15) is 25.7 Å². The number of anilines is 1. The van der Waals surface area contributed by atoms with Crippen LogP contribution in [0.5, 0.6) is 0 Å². The molecule has 0 aromatic heterocycles. The van der Waals surface area contributed by atoms with E-state index >= 15 is 0 Å². The molecule has 0 radical (unpaired) electrons. The molecule has 1 fully saturated rings. The number of hydrogen-bond acceptors (Lipinski definition) is 4. The first-order valence-electron chi connectivity index (χ1n) is 8.07. The third kappa shape index (κ3) is 6.13. The Labute approximate surface area is 132 Å². The summed E-state index contributed by atoms with van der Waals surface area (Å²) in [4.78, 5) is 14.2. The predicted molar refractivity (Wildman–Crippen MR) is 86.8 cm³/mol. The number of aliphatic hydroxyl groups excluding tert-OH is 1. The molecule has 0 spiro atoms. The van der Waals surface area contributed by atoms with E-state index in [9.17, 15) is 4.79 Å². The Morgan fingerprint density at radius 2 is 2.00 bits per heavy atom. The molecule has 1 aromatic carbocycles. The number of ether oxygens (including phenoxy) is 1. The van der Waals surface area contributed by atoms with Crippen LogP contribution in [-0.4, -0.2) is 54.9 Å². The number of para-hydroxylation sites is 1. The molecule has 1 heterocycles. The average molecular weight is 306 g/mol. The highest BCUT2D eigenvalue weighted by molar-refractivity contribution is 5.90. The second-order valence-corrected chi connectivity index (χ2v) is 5.65. The average Bonchev–Trinajstić information content (AvgIpc) is 2.55. The van der Waals surface area contributed by atoms with Crippen molar-refractivity contribution in [3.05, 3.63) is 30.3 Å². The molecule has 0 saturated carbocycles. The number of carbonyl (C=O) groups excluding carboxylic acids is 1. The molecule has 0 unspecified atom stereocenters. The summed E-state index contributed by atoms with van der Waals surface area (Å²) in [5.41, 5.74) is 0.850. The van der Waals surface area contributed by atoms with Gasteiger partial charge in [-0.1, -0.05) is 18.2 Å². The van der Waals surface area contributed by atoms with Gasteiger partial charge in [-0.05, 0) is 31.4 Å². The molecule has 0 bridgehead atoms. The van der Waals surface area contributed by atoms with E-state index in [2.05, 4.69) is 10.2 Å². The fraction of sp³-hybridized carbons (Fsp3) is 0.588. The van der Waals surface area contributed by atoms with E-state index < -0.39 is 0 Å². The van der Waals surface area contributed by atoms with Crippen LogP contribution in [0.3, 0.4) is 0 Å². The van der Waals surface area contributed by atoms with Crippen molar-refractivity contribution in [2.24, 2.45) is 0 Å². The van der Waals surface area contributed by atoms with Gasteiger partial charge in [-0.15, -0.1) is 0 Å². The van der Waals surface area contributed by atoms with Crippen LogP contribution in [0, 0.1) is 0 Å². The maximum absolute atomic E-state index is 11.9. The summed E-state index contributed by atoms with van der Waals surface area (Å²) in [7, 11) is 0. The maximum Gasteiger partial charge on any atom is 0.225 e. The standard InChI is InChI=1S/C17H26N2O3/c20-13-4-14-22-16-7-10-19(11-8-16)12-9-17(21)18-15-5-2-1-3-6-15/h1-3,5-6,16,20H,4,7-14H2,(H,18,21). The van der Waals surface area contributed by atoms with Gasteiger partial charge in [-0.3, -0.25) is 4.79 Å². The second kappa shape index (κ2) is 9.56. The second-order valence-electron chi connectivity index (χ2n) is 5.65. The summed E-state index contributed by atoms with van der Waals surface area (Å²) in [6.07, 6.45) is 3.54. The highest BCUT2D eigenvalue weighted by Gasteiger charge is 2.19. The Balaban J connectivity index is 1.59. The number of amides is 1. The number of carbonyl (C=O) groups is 1. The van der Waals surface area contributed by atoms with Crippen LogP contribution in [0.2, 0.25) is 0 Å². The van der Waals surface area contributed by atoms with E-state index in [0.717, 1.165) is 38.2 Å². The highest BCUT2D eigenvalue weighted by Crippen LogP contribution is 2.14. The molecule has 2 N–H and O–H groups in total. The van der Waals surface area contributed by atoms with E-state index in [0.29, 0.717) is 25.6 Å². The molecular weight excluding hydrogens is 280 g/mol. The number of rotatable bonds is 8. The minimum absolute atomic E-state index is 0.0625. The SMILES string of the molecule is O=C(CCN1CCC(OCCCO)CC1)Nc1ccccc1. The lowest BCUT2D eigenvalue weighted by Gasteiger charge is -2.31. The van der Waals surface area contributed by atoms with Crippen LogP contribution in [-0.2, 0) is 9.53 Å². The first kappa shape index (κ1) is 16.9. The van der Waals surface area contributed by atoms with Gasteiger partial charge < -0.3 is 20.1 Å². The summed E-state index contributed by atoms with van der Waals surface area (Å²) in [5, 5.41) is 11.7. The van der Waals surface area contributed by atoms with Gasteiger partial charge in [0.15, 0.2) is 0 Å². The lowest BCUT2D eigenvalue weighted by atomic mass is 10.1. The monoisotopic (exact) mass is 306 g/mol. The fourth-order valence-electron chi connectivity index (χ4n) is 2.62. The van der Waals surface area contributed by atoms with Crippen molar-refractivity contribution in [3.63, 3.8) is 0 Å². The molecule has 1 saturated heterocycles. The molecule has 5 nitrogen and oxygen atoms in total. The predicted octanol–water partition coefficient (Wildman–Crippen LogP) is 1.88. The third-order valence-corrected chi connectivity index (χ3v) is 3.90. The summed E-state index contributed by atoms with van der Waals surface area (Å²) < 4.78 is 5.71. The van der Waals surface area contributed by atoms with Gasteiger partial charge in [0.25, 0.3) is 0 Å². The van der Waals surface area contributed by atoms with E-state index in [1.807, 2.05) is 30.3 Å². The summed E-state index contributed by atoms with van der Waals surface area (Å²) >= 11 is 0. The number of aliphatic hydroxyl groups is 1. The van der Waals surface area contributed by atoms with Crippen LogP contribution >= 0.6 is 0 Å². The molecule has 0 atom stereocenters. The highest BCUT2D eigenvalue weighted by atomic mass is 16.5. The number of nitrogens with one attached hydrogen (secondary N) is 1. The molecule has 1 aliphatic heterocycles. The minimum Gasteiger partial charge on any atom is -0.396 e. The van der Waals surface area contributed by atoms with Crippen LogP contribution < -0.4 is 5.32 Å². The van der Waals surface area contributed by atoms with E-state index in [4.69, 9.17) is 9.84 Å². The maximum atomic E-state index is 11.9. The first-order chi connectivity index (χ1) is 10.8. The topological polar surface area (TPSA) is 61.8 Å². The van der Waals surface area contributed by atoms with Crippen molar-refractivity contribution in [2.45, 2.75) is 31.8 Å². The lowest BCUT2D eigenvalue weighted by molar-refractivity contribution is -0.116. The minimum atomic E-state index is 0.0625. The van der Waals surface area contributed by atoms with Gasteiger partial charge in [0.05, 0.1) is 6.10 Å². The van der Waals surface area contributed by atoms with Gasteiger partial charge in [-0.2, -0.15) is 0 Å². The number of nitrogens with zero attached hydrogens (tertiary/aromatic N) is 1. The first-order valence-corrected chi connectivity index (χ1v) is 8.07. The van der Waals surface area contributed by atoms with Gasteiger partial charge in [-0.25, -0.2) is 0 Å². The number of hydrogen-bond donors (Lipinski definition) is 2. The summed E-state index contributed by atoms with van der Waals surface area (Å²) in [6.45, 7) is 3.57. The largest absolute Gasteiger partial charge is 0.396 e. The molecule has 2 rings (SSSR count). The van der Waals surface area contributed by atoms with Crippen molar-refractivity contribution in [2.75, 3.05) is 38.2 Å². The zero-order valence-corrected chi connectivity index (χ0v) is 13.0. The lowest BCUT2D eigenvalue weighted by Crippen LogP contribution is -2.38.